The maximum absolute atomic E-state index is 12.8. The summed E-state index contributed by atoms with van der Waals surface area (Å²) in [4.78, 5) is 15.3. The number of nitrogens with zero attached hydrogens (tertiary/aromatic N) is 1. The normalized spacial score (nSPS) is 32.7. The van der Waals surface area contributed by atoms with Crippen molar-refractivity contribution in [2.45, 2.75) is 56.8 Å². The zero-order valence-corrected chi connectivity index (χ0v) is 15.1. The molecule has 0 radical (unpaired) electrons. The van der Waals surface area contributed by atoms with Crippen molar-refractivity contribution in [2.24, 2.45) is 5.92 Å². The number of methoxy groups -OCH3 is 1. The molecular weight excluding hydrogens is 316 g/mol. The minimum atomic E-state index is -0.0130. The molecular formula is C20H28N2O3. The largest absolute Gasteiger partial charge is 0.497 e. The molecule has 3 fully saturated rings. The highest BCUT2D eigenvalue weighted by Gasteiger charge is 2.44. The predicted octanol–water partition coefficient (Wildman–Crippen LogP) is 2.51. The SMILES string of the molecule is COc1cccc([C@@H]2[C@H](NC(=O)[C@H]3CCO[C@H]3C)CCN2C2CC2)c1. The number of carbonyl (C=O) groups is 1. The van der Waals surface area contributed by atoms with E-state index < -0.39 is 0 Å². The molecule has 2 aliphatic heterocycles. The van der Waals surface area contributed by atoms with Crippen molar-refractivity contribution in [3.8, 4) is 5.75 Å². The van der Waals surface area contributed by atoms with E-state index >= 15 is 0 Å². The van der Waals surface area contributed by atoms with Crippen LogP contribution in [0.4, 0.5) is 0 Å². The van der Waals surface area contributed by atoms with E-state index in [0.29, 0.717) is 12.6 Å². The fraction of sp³-hybridized carbons (Fsp3) is 0.650. The number of nitrogens with one attached hydrogen (secondary N) is 1. The highest BCUT2D eigenvalue weighted by atomic mass is 16.5. The molecule has 1 saturated carbocycles. The quantitative estimate of drug-likeness (QED) is 0.892. The van der Waals surface area contributed by atoms with Gasteiger partial charge in [0, 0.05) is 25.2 Å². The van der Waals surface area contributed by atoms with Gasteiger partial charge in [0.2, 0.25) is 5.91 Å². The molecule has 1 aromatic carbocycles. The monoisotopic (exact) mass is 344 g/mol. The van der Waals surface area contributed by atoms with Crippen molar-refractivity contribution in [2.75, 3.05) is 20.3 Å². The Labute approximate surface area is 149 Å². The molecule has 4 atom stereocenters. The van der Waals surface area contributed by atoms with Crippen LogP contribution in [0.1, 0.15) is 44.2 Å². The number of rotatable bonds is 5. The Morgan fingerprint density at radius 3 is 2.80 bits per heavy atom. The van der Waals surface area contributed by atoms with E-state index in [1.54, 1.807) is 7.11 Å². The zero-order chi connectivity index (χ0) is 17.4. The van der Waals surface area contributed by atoms with Gasteiger partial charge in [0.25, 0.3) is 0 Å². The third-order valence-corrected chi connectivity index (χ3v) is 5.93. The lowest BCUT2D eigenvalue weighted by molar-refractivity contribution is -0.127. The number of carbonyl (C=O) groups excluding carboxylic acids is 1. The molecule has 25 heavy (non-hydrogen) atoms. The fourth-order valence-corrected chi connectivity index (χ4v) is 4.40. The molecule has 5 heteroatoms. The van der Waals surface area contributed by atoms with Crippen LogP contribution >= 0.6 is 0 Å². The Morgan fingerprint density at radius 2 is 2.12 bits per heavy atom. The van der Waals surface area contributed by atoms with Crippen LogP contribution in [0.3, 0.4) is 0 Å². The number of hydrogen-bond donors (Lipinski definition) is 1. The first-order valence-corrected chi connectivity index (χ1v) is 9.49. The molecule has 2 heterocycles. The maximum Gasteiger partial charge on any atom is 0.226 e. The minimum Gasteiger partial charge on any atom is -0.497 e. The van der Waals surface area contributed by atoms with E-state index in [9.17, 15) is 4.79 Å². The van der Waals surface area contributed by atoms with Gasteiger partial charge in [-0.1, -0.05) is 12.1 Å². The highest BCUT2D eigenvalue weighted by Crippen LogP contribution is 2.42. The summed E-state index contributed by atoms with van der Waals surface area (Å²) in [5.74, 6) is 1.02. The average molecular weight is 344 g/mol. The minimum absolute atomic E-state index is 0.0130. The lowest BCUT2D eigenvalue weighted by Crippen LogP contribution is -2.44. The molecule has 3 aliphatic rings. The van der Waals surface area contributed by atoms with E-state index in [1.807, 2.05) is 19.1 Å². The first kappa shape index (κ1) is 16.9. The van der Waals surface area contributed by atoms with Crippen LogP contribution in [0, 0.1) is 5.92 Å². The molecule has 1 aliphatic carbocycles. The first-order chi connectivity index (χ1) is 12.2. The van der Waals surface area contributed by atoms with Crippen molar-refractivity contribution >= 4 is 5.91 Å². The summed E-state index contributed by atoms with van der Waals surface area (Å²) in [5, 5.41) is 3.35. The third-order valence-electron chi connectivity index (χ3n) is 5.93. The number of likely N-dealkylation sites (tertiary alicyclic amines) is 1. The van der Waals surface area contributed by atoms with Gasteiger partial charge in [0.15, 0.2) is 0 Å². The van der Waals surface area contributed by atoms with E-state index in [1.165, 1.54) is 18.4 Å². The molecule has 0 bridgehead atoms. The lowest BCUT2D eigenvalue weighted by atomic mass is 9.97. The van der Waals surface area contributed by atoms with E-state index in [-0.39, 0.29) is 30.0 Å². The molecule has 1 amide bonds. The molecule has 2 saturated heterocycles. The number of benzene rings is 1. The highest BCUT2D eigenvalue weighted by molar-refractivity contribution is 5.80. The van der Waals surface area contributed by atoms with Crippen molar-refractivity contribution < 1.29 is 14.3 Å². The summed E-state index contributed by atoms with van der Waals surface area (Å²) in [7, 11) is 1.70. The summed E-state index contributed by atoms with van der Waals surface area (Å²) in [6.45, 7) is 3.74. The van der Waals surface area contributed by atoms with Gasteiger partial charge < -0.3 is 14.8 Å². The molecule has 4 rings (SSSR count). The Bertz CT molecular complexity index is 631. The second-order valence-corrected chi connectivity index (χ2v) is 7.57. The van der Waals surface area contributed by atoms with Crippen molar-refractivity contribution in [1.82, 2.24) is 10.2 Å². The topological polar surface area (TPSA) is 50.8 Å². The number of amides is 1. The Kier molecular flexibility index (Phi) is 4.69. The van der Waals surface area contributed by atoms with Crippen LogP contribution in [0.2, 0.25) is 0 Å². The van der Waals surface area contributed by atoms with Crippen LogP contribution in [-0.4, -0.2) is 49.3 Å². The second kappa shape index (κ2) is 6.96. The van der Waals surface area contributed by atoms with Crippen LogP contribution in [0.25, 0.3) is 0 Å². The predicted molar refractivity (Wildman–Crippen MR) is 95.5 cm³/mol. The van der Waals surface area contributed by atoms with E-state index in [0.717, 1.165) is 25.1 Å². The molecule has 0 unspecified atom stereocenters. The van der Waals surface area contributed by atoms with Gasteiger partial charge in [-0.05, 0) is 50.3 Å². The van der Waals surface area contributed by atoms with Crippen molar-refractivity contribution in [3.63, 3.8) is 0 Å². The molecule has 1 aromatic rings. The average Bonchev–Trinajstić information content (AvgIpc) is 3.25. The van der Waals surface area contributed by atoms with Crippen LogP contribution in [0.5, 0.6) is 5.75 Å². The van der Waals surface area contributed by atoms with Crippen LogP contribution in [0.15, 0.2) is 24.3 Å². The molecule has 1 N–H and O–H groups in total. The second-order valence-electron chi connectivity index (χ2n) is 7.57. The molecule has 0 aromatic heterocycles. The van der Waals surface area contributed by atoms with Gasteiger partial charge in [-0.3, -0.25) is 9.69 Å². The maximum atomic E-state index is 12.8. The smallest absolute Gasteiger partial charge is 0.226 e. The van der Waals surface area contributed by atoms with Crippen molar-refractivity contribution in [1.29, 1.82) is 0 Å². The van der Waals surface area contributed by atoms with Gasteiger partial charge in [-0.15, -0.1) is 0 Å². The third kappa shape index (κ3) is 3.40. The first-order valence-electron chi connectivity index (χ1n) is 9.49. The Hall–Kier alpha value is -1.59. The van der Waals surface area contributed by atoms with Crippen LogP contribution < -0.4 is 10.1 Å². The standard InChI is InChI=1S/C20H28N2O3/c1-13-17(9-11-25-13)20(23)21-18-8-10-22(15-6-7-15)19(18)14-4-3-5-16(12-14)24-2/h3-5,12-13,15,17-19H,6-11H2,1-2H3,(H,21,23)/t13-,17-,18+,19+/m0/s1. The van der Waals surface area contributed by atoms with Gasteiger partial charge in [-0.2, -0.15) is 0 Å². The summed E-state index contributed by atoms with van der Waals surface area (Å²) in [6.07, 6.45) is 4.40. The Morgan fingerprint density at radius 1 is 1.28 bits per heavy atom. The zero-order valence-electron chi connectivity index (χ0n) is 15.1. The van der Waals surface area contributed by atoms with Crippen molar-refractivity contribution in [3.05, 3.63) is 29.8 Å². The fourth-order valence-electron chi connectivity index (χ4n) is 4.40. The van der Waals surface area contributed by atoms with Crippen LogP contribution in [-0.2, 0) is 9.53 Å². The van der Waals surface area contributed by atoms with E-state index in [4.69, 9.17) is 9.47 Å². The van der Waals surface area contributed by atoms with Gasteiger partial charge in [-0.25, -0.2) is 0 Å². The number of ether oxygens (including phenoxy) is 2. The van der Waals surface area contributed by atoms with Gasteiger partial charge in [0.1, 0.15) is 5.75 Å². The Balaban J connectivity index is 1.54. The van der Waals surface area contributed by atoms with Gasteiger partial charge >= 0.3 is 0 Å². The van der Waals surface area contributed by atoms with E-state index in [2.05, 4.69) is 22.3 Å². The molecule has 136 valence electrons. The summed E-state index contributed by atoms with van der Waals surface area (Å²) < 4.78 is 11.0. The van der Waals surface area contributed by atoms with Gasteiger partial charge in [0.05, 0.1) is 25.2 Å². The molecule has 0 spiro atoms. The molecule has 5 nitrogen and oxygen atoms in total. The number of hydrogen-bond acceptors (Lipinski definition) is 4. The summed E-state index contributed by atoms with van der Waals surface area (Å²) in [6, 6.07) is 9.37. The lowest BCUT2D eigenvalue weighted by Gasteiger charge is -2.30. The summed E-state index contributed by atoms with van der Waals surface area (Å²) >= 11 is 0. The summed E-state index contributed by atoms with van der Waals surface area (Å²) in [5.41, 5.74) is 1.24.